The molecule has 0 unspecified atom stereocenters. The molecule has 0 aliphatic heterocycles. The normalized spacial score (nSPS) is 14.3. The number of hydrogen-bond acceptors (Lipinski definition) is 5. The third kappa shape index (κ3) is 6.65. The molecule has 5 nitrogen and oxygen atoms in total. The van der Waals surface area contributed by atoms with Crippen molar-refractivity contribution in [1.29, 1.82) is 0 Å². The van der Waals surface area contributed by atoms with E-state index in [0.717, 1.165) is 0 Å². The maximum absolute atomic E-state index is 12.3. The second kappa shape index (κ2) is 8.05. The second-order valence-electron chi connectivity index (χ2n) is 6.35. The number of methoxy groups -OCH3 is 1. The van der Waals surface area contributed by atoms with E-state index >= 15 is 0 Å². The quantitative estimate of drug-likeness (QED) is 0.603. The minimum absolute atomic E-state index is 0.0329. The molecule has 0 aromatic heterocycles. The molecule has 0 saturated heterocycles. The number of allylic oxidation sites excluding steroid dienone is 1. The van der Waals surface area contributed by atoms with Crippen LogP contribution in [-0.2, 0) is 19.1 Å². The summed E-state index contributed by atoms with van der Waals surface area (Å²) in [7, 11) is 1.35. The molecule has 0 aromatic carbocycles. The molecule has 0 fully saturated rings. The van der Waals surface area contributed by atoms with Crippen molar-refractivity contribution < 1.29 is 19.1 Å². The smallest absolute Gasteiger partial charge is 0.335 e. The summed E-state index contributed by atoms with van der Waals surface area (Å²) in [5.41, 5.74) is 0.639. The van der Waals surface area contributed by atoms with Gasteiger partial charge in [0, 0.05) is 5.70 Å². The van der Waals surface area contributed by atoms with Crippen LogP contribution in [0.5, 0.6) is 0 Å². The predicted molar refractivity (Wildman–Crippen MR) is 82.6 cm³/mol. The number of carbonyl (C=O) groups is 2. The van der Waals surface area contributed by atoms with Crippen molar-refractivity contribution in [2.24, 2.45) is 5.92 Å². The summed E-state index contributed by atoms with van der Waals surface area (Å²) in [6.45, 7) is 13.0. The van der Waals surface area contributed by atoms with Crippen LogP contribution in [0.2, 0.25) is 0 Å². The summed E-state index contributed by atoms with van der Waals surface area (Å²) < 4.78 is 10.2. The zero-order valence-electron chi connectivity index (χ0n) is 14.5. The Morgan fingerprint density at radius 1 is 1.19 bits per heavy atom. The molecule has 1 atom stereocenters. The van der Waals surface area contributed by atoms with Crippen LogP contribution in [0.25, 0.3) is 0 Å². The van der Waals surface area contributed by atoms with Gasteiger partial charge in [0.2, 0.25) is 0 Å². The van der Waals surface area contributed by atoms with Crippen LogP contribution in [-0.4, -0.2) is 30.7 Å². The number of ether oxygens (including phenoxy) is 2. The van der Waals surface area contributed by atoms with Gasteiger partial charge in [-0.1, -0.05) is 20.8 Å². The van der Waals surface area contributed by atoms with Crippen LogP contribution in [0.4, 0.5) is 0 Å². The largest absolute Gasteiger partial charge is 0.466 e. The van der Waals surface area contributed by atoms with Crippen molar-refractivity contribution in [2.75, 3.05) is 7.11 Å². The first-order valence-electron chi connectivity index (χ1n) is 7.30. The topological polar surface area (TPSA) is 64.6 Å². The van der Waals surface area contributed by atoms with Crippen LogP contribution < -0.4 is 5.32 Å². The molecule has 0 saturated carbocycles. The number of rotatable bonds is 6. The Labute approximate surface area is 128 Å². The summed E-state index contributed by atoms with van der Waals surface area (Å²) in [5, 5.41) is 3.11. The molecular weight excluding hydrogens is 270 g/mol. The van der Waals surface area contributed by atoms with Gasteiger partial charge < -0.3 is 14.8 Å². The van der Waals surface area contributed by atoms with Crippen molar-refractivity contribution in [3.8, 4) is 0 Å². The Balaban J connectivity index is 5.21. The fourth-order valence-corrected chi connectivity index (χ4v) is 1.87. The minimum atomic E-state index is -0.542. The van der Waals surface area contributed by atoms with Crippen LogP contribution in [0.3, 0.4) is 0 Å². The van der Waals surface area contributed by atoms with E-state index in [1.54, 1.807) is 6.92 Å². The maximum Gasteiger partial charge on any atom is 0.335 e. The molecule has 1 N–H and O–H groups in total. The fraction of sp³-hybridized carbons (Fsp3) is 0.750. The molecule has 5 heteroatoms. The van der Waals surface area contributed by atoms with Gasteiger partial charge in [0.25, 0.3) is 0 Å². The lowest BCUT2D eigenvalue weighted by Crippen LogP contribution is -2.44. The lowest BCUT2D eigenvalue weighted by Gasteiger charge is -2.28. The Morgan fingerprint density at radius 3 is 2.05 bits per heavy atom. The lowest BCUT2D eigenvalue weighted by atomic mass is 10.0. The first-order valence-corrected chi connectivity index (χ1v) is 7.30. The zero-order chi connectivity index (χ0) is 16.8. The Kier molecular flexibility index (Phi) is 7.47. The monoisotopic (exact) mass is 299 g/mol. The van der Waals surface area contributed by atoms with Gasteiger partial charge in [0.15, 0.2) is 0 Å². The van der Waals surface area contributed by atoms with Crippen molar-refractivity contribution in [1.82, 2.24) is 5.32 Å². The molecule has 122 valence electrons. The summed E-state index contributed by atoms with van der Waals surface area (Å²) >= 11 is 0. The summed E-state index contributed by atoms with van der Waals surface area (Å²) in [6, 6.07) is -0.504. The summed E-state index contributed by atoms with van der Waals surface area (Å²) in [4.78, 5) is 24.0. The van der Waals surface area contributed by atoms with Gasteiger partial charge in [-0.05, 0) is 40.0 Å². The van der Waals surface area contributed by atoms with Crippen molar-refractivity contribution in [3.63, 3.8) is 0 Å². The number of carbonyl (C=O) groups excluding carboxylic acids is 2. The maximum atomic E-state index is 12.3. The predicted octanol–water partition coefficient (Wildman–Crippen LogP) is 2.80. The van der Waals surface area contributed by atoms with Gasteiger partial charge in [-0.2, -0.15) is 0 Å². The van der Waals surface area contributed by atoms with Gasteiger partial charge in [0.05, 0.1) is 12.7 Å². The standard InChI is InChI=1S/C16H29NO4/c1-9-12(14(18)20-8)11(4)17-13(10(2)3)15(19)21-16(5,6)7/h10,13,17H,9H2,1-8H3/b12-11-/t13-/m0/s1. The molecule has 0 heterocycles. The highest BCUT2D eigenvalue weighted by Crippen LogP contribution is 2.15. The fourth-order valence-electron chi connectivity index (χ4n) is 1.87. The van der Waals surface area contributed by atoms with E-state index in [2.05, 4.69) is 5.32 Å². The van der Waals surface area contributed by atoms with E-state index < -0.39 is 11.6 Å². The van der Waals surface area contributed by atoms with E-state index in [1.165, 1.54) is 7.11 Å². The highest BCUT2D eigenvalue weighted by molar-refractivity contribution is 5.89. The first-order chi connectivity index (χ1) is 9.53. The third-order valence-electron chi connectivity index (χ3n) is 2.94. The van der Waals surface area contributed by atoms with Crippen LogP contribution in [0.1, 0.15) is 54.9 Å². The van der Waals surface area contributed by atoms with Gasteiger partial charge >= 0.3 is 11.9 Å². The van der Waals surface area contributed by atoms with E-state index in [9.17, 15) is 9.59 Å². The SMILES string of the molecule is CC/C(C(=O)OC)=C(\C)N[C@H](C(=O)OC(C)(C)C)C(C)C. The molecule has 0 aliphatic carbocycles. The molecule has 0 spiro atoms. The first kappa shape index (κ1) is 19.5. The van der Waals surface area contributed by atoms with Gasteiger partial charge in [-0.25, -0.2) is 9.59 Å². The second-order valence-corrected chi connectivity index (χ2v) is 6.35. The van der Waals surface area contributed by atoms with Gasteiger partial charge in [-0.3, -0.25) is 0 Å². The van der Waals surface area contributed by atoms with Gasteiger partial charge in [0.1, 0.15) is 11.6 Å². The van der Waals surface area contributed by atoms with E-state index in [4.69, 9.17) is 9.47 Å². The minimum Gasteiger partial charge on any atom is -0.466 e. The van der Waals surface area contributed by atoms with Crippen LogP contribution in [0, 0.1) is 5.92 Å². The van der Waals surface area contributed by atoms with Gasteiger partial charge in [-0.15, -0.1) is 0 Å². The lowest BCUT2D eigenvalue weighted by molar-refractivity contribution is -0.158. The molecule has 0 rings (SSSR count). The van der Waals surface area contributed by atoms with E-state index in [0.29, 0.717) is 17.7 Å². The van der Waals surface area contributed by atoms with E-state index in [1.807, 2.05) is 41.5 Å². The van der Waals surface area contributed by atoms with Crippen molar-refractivity contribution in [3.05, 3.63) is 11.3 Å². The molecule has 0 aliphatic rings. The average molecular weight is 299 g/mol. The Morgan fingerprint density at radius 2 is 1.71 bits per heavy atom. The molecule has 0 amide bonds. The summed E-state index contributed by atoms with van der Waals surface area (Å²) in [5.74, 6) is -0.670. The Bertz CT molecular complexity index is 405. The summed E-state index contributed by atoms with van der Waals surface area (Å²) in [6.07, 6.45) is 0.532. The number of nitrogens with one attached hydrogen (secondary N) is 1. The molecule has 0 aromatic rings. The van der Waals surface area contributed by atoms with Crippen LogP contribution >= 0.6 is 0 Å². The molecule has 21 heavy (non-hydrogen) atoms. The third-order valence-corrected chi connectivity index (χ3v) is 2.94. The number of esters is 2. The molecular formula is C16H29NO4. The highest BCUT2D eigenvalue weighted by Gasteiger charge is 2.28. The molecule has 0 bridgehead atoms. The Hall–Kier alpha value is -1.52. The van der Waals surface area contributed by atoms with Crippen molar-refractivity contribution in [2.45, 2.75) is 66.5 Å². The average Bonchev–Trinajstić information content (AvgIpc) is 2.33. The molecule has 0 radical (unpaired) electrons. The number of hydrogen-bond donors (Lipinski definition) is 1. The van der Waals surface area contributed by atoms with Crippen molar-refractivity contribution >= 4 is 11.9 Å². The van der Waals surface area contributed by atoms with Crippen LogP contribution in [0.15, 0.2) is 11.3 Å². The highest BCUT2D eigenvalue weighted by atomic mass is 16.6. The van der Waals surface area contributed by atoms with E-state index in [-0.39, 0.29) is 17.9 Å². The zero-order valence-corrected chi connectivity index (χ0v) is 14.5.